The van der Waals surface area contributed by atoms with Crippen molar-refractivity contribution in [2.24, 2.45) is 5.73 Å². The average molecular weight is 189 g/mol. The van der Waals surface area contributed by atoms with E-state index in [1.165, 1.54) is 11.8 Å². The number of hydrogen-bond donors (Lipinski definition) is 1. The van der Waals surface area contributed by atoms with E-state index in [2.05, 4.69) is 13.8 Å². The number of hydrogen-bond acceptors (Lipinski definition) is 2. The van der Waals surface area contributed by atoms with Crippen molar-refractivity contribution in [2.75, 3.05) is 0 Å². The van der Waals surface area contributed by atoms with E-state index in [0.29, 0.717) is 11.5 Å². The standard InChI is InChI=1S/C12H15NO/c1-9(2)10-4-3-5-11(6-10)12(7-13)8-14/h3-9H,13H2,1-2H3/b12-7+. The van der Waals surface area contributed by atoms with Gasteiger partial charge in [0.15, 0.2) is 6.29 Å². The Kier molecular flexibility index (Phi) is 3.46. The zero-order valence-electron chi connectivity index (χ0n) is 8.53. The van der Waals surface area contributed by atoms with Gasteiger partial charge in [0.2, 0.25) is 0 Å². The normalized spacial score (nSPS) is 11.8. The molecular weight excluding hydrogens is 174 g/mol. The minimum absolute atomic E-state index is 0.459. The van der Waals surface area contributed by atoms with Gasteiger partial charge in [-0.05, 0) is 17.0 Å². The molecule has 0 aliphatic heterocycles. The highest BCUT2D eigenvalue weighted by Crippen LogP contribution is 2.19. The third-order valence-electron chi connectivity index (χ3n) is 2.19. The third-order valence-corrected chi connectivity index (χ3v) is 2.19. The first-order valence-electron chi connectivity index (χ1n) is 4.66. The van der Waals surface area contributed by atoms with E-state index in [-0.39, 0.29) is 0 Å². The van der Waals surface area contributed by atoms with Gasteiger partial charge in [-0.1, -0.05) is 38.1 Å². The summed E-state index contributed by atoms with van der Waals surface area (Å²) in [7, 11) is 0. The first kappa shape index (κ1) is 10.5. The molecule has 0 saturated carbocycles. The van der Waals surface area contributed by atoms with Crippen LogP contribution in [0.3, 0.4) is 0 Å². The number of aldehydes is 1. The van der Waals surface area contributed by atoms with Crippen LogP contribution in [0.1, 0.15) is 30.9 Å². The van der Waals surface area contributed by atoms with Crippen LogP contribution in [0.25, 0.3) is 5.57 Å². The molecule has 0 heterocycles. The van der Waals surface area contributed by atoms with Crippen LogP contribution in [-0.4, -0.2) is 6.29 Å². The van der Waals surface area contributed by atoms with Crippen LogP contribution in [0, 0.1) is 0 Å². The molecule has 1 aromatic rings. The molecule has 0 atom stereocenters. The SMILES string of the molecule is CC(C)c1cccc(/C(C=O)=C/N)c1. The van der Waals surface area contributed by atoms with Gasteiger partial charge in [-0.3, -0.25) is 4.79 Å². The van der Waals surface area contributed by atoms with E-state index in [1.807, 2.05) is 24.3 Å². The number of rotatable bonds is 3. The number of carbonyl (C=O) groups is 1. The molecule has 0 radical (unpaired) electrons. The van der Waals surface area contributed by atoms with Crippen LogP contribution in [-0.2, 0) is 4.79 Å². The fourth-order valence-corrected chi connectivity index (χ4v) is 1.28. The van der Waals surface area contributed by atoms with Crippen LogP contribution in [0.5, 0.6) is 0 Å². The minimum Gasteiger partial charge on any atom is -0.404 e. The summed E-state index contributed by atoms with van der Waals surface area (Å²) < 4.78 is 0. The molecule has 14 heavy (non-hydrogen) atoms. The first-order valence-corrected chi connectivity index (χ1v) is 4.66. The quantitative estimate of drug-likeness (QED) is 0.585. The second kappa shape index (κ2) is 4.61. The van der Waals surface area contributed by atoms with E-state index < -0.39 is 0 Å². The fraction of sp³-hybridized carbons (Fsp3) is 0.250. The number of nitrogens with two attached hydrogens (primary N) is 1. The molecule has 1 aromatic carbocycles. The molecule has 0 unspecified atom stereocenters. The van der Waals surface area contributed by atoms with Crippen molar-refractivity contribution in [2.45, 2.75) is 19.8 Å². The van der Waals surface area contributed by atoms with Crippen molar-refractivity contribution < 1.29 is 4.79 Å². The smallest absolute Gasteiger partial charge is 0.152 e. The Morgan fingerprint density at radius 1 is 1.43 bits per heavy atom. The van der Waals surface area contributed by atoms with Gasteiger partial charge in [-0.2, -0.15) is 0 Å². The molecule has 2 heteroatoms. The van der Waals surface area contributed by atoms with Crippen LogP contribution in [0.2, 0.25) is 0 Å². The lowest BCUT2D eigenvalue weighted by Gasteiger charge is -2.07. The number of carbonyl (C=O) groups excluding carboxylic acids is 1. The van der Waals surface area contributed by atoms with Gasteiger partial charge in [0.05, 0.1) is 0 Å². The maximum absolute atomic E-state index is 10.7. The lowest BCUT2D eigenvalue weighted by atomic mass is 9.98. The Hall–Kier alpha value is -1.57. The van der Waals surface area contributed by atoms with Gasteiger partial charge in [0.1, 0.15) is 0 Å². The van der Waals surface area contributed by atoms with E-state index in [4.69, 9.17) is 5.73 Å². The summed E-state index contributed by atoms with van der Waals surface area (Å²) in [6.45, 7) is 4.23. The topological polar surface area (TPSA) is 43.1 Å². The Morgan fingerprint density at radius 2 is 2.14 bits per heavy atom. The molecule has 2 N–H and O–H groups in total. The summed E-state index contributed by atoms with van der Waals surface area (Å²) in [5.41, 5.74) is 7.98. The zero-order valence-corrected chi connectivity index (χ0v) is 8.53. The fourth-order valence-electron chi connectivity index (χ4n) is 1.28. The summed E-state index contributed by atoms with van der Waals surface area (Å²) >= 11 is 0. The summed E-state index contributed by atoms with van der Waals surface area (Å²) in [4.78, 5) is 10.7. The van der Waals surface area contributed by atoms with Gasteiger partial charge >= 0.3 is 0 Å². The molecule has 2 nitrogen and oxygen atoms in total. The van der Waals surface area contributed by atoms with Crippen molar-refractivity contribution in [3.05, 3.63) is 41.6 Å². The van der Waals surface area contributed by atoms with E-state index in [9.17, 15) is 4.79 Å². The molecule has 0 bridgehead atoms. The molecular formula is C12H15NO. The maximum Gasteiger partial charge on any atom is 0.152 e. The summed E-state index contributed by atoms with van der Waals surface area (Å²) in [6, 6.07) is 7.88. The predicted molar refractivity (Wildman–Crippen MR) is 58.8 cm³/mol. The number of benzene rings is 1. The second-order valence-electron chi connectivity index (χ2n) is 3.52. The highest BCUT2D eigenvalue weighted by atomic mass is 16.1. The van der Waals surface area contributed by atoms with Gasteiger partial charge in [-0.15, -0.1) is 0 Å². The summed E-state index contributed by atoms with van der Waals surface area (Å²) in [5.74, 6) is 0.459. The monoisotopic (exact) mass is 189 g/mol. The van der Waals surface area contributed by atoms with Crippen molar-refractivity contribution in [1.29, 1.82) is 0 Å². The van der Waals surface area contributed by atoms with Gasteiger partial charge in [0, 0.05) is 11.8 Å². The lowest BCUT2D eigenvalue weighted by Crippen LogP contribution is -1.93. The van der Waals surface area contributed by atoms with Crippen molar-refractivity contribution >= 4 is 11.9 Å². The molecule has 0 amide bonds. The average Bonchev–Trinajstić information content (AvgIpc) is 2.20. The zero-order chi connectivity index (χ0) is 10.6. The van der Waals surface area contributed by atoms with Crippen molar-refractivity contribution in [3.8, 4) is 0 Å². The van der Waals surface area contributed by atoms with E-state index in [1.54, 1.807) is 0 Å². The molecule has 0 fully saturated rings. The molecule has 0 aliphatic rings. The molecule has 0 aliphatic carbocycles. The molecule has 0 spiro atoms. The molecule has 0 saturated heterocycles. The van der Waals surface area contributed by atoms with Crippen LogP contribution in [0.15, 0.2) is 30.5 Å². The predicted octanol–water partition coefficient (Wildman–Crippen LogP) is 2.31. The van der Waals surface area contributed by atoms with Crippen molar-refractivity contribution in [1.82, 2.24) is 0 Å². The third kappa shape index (κ3) is 2.22. The van der Waals surface area contributed by atoms with Gasteiger partial charge in [-0.25, -0.2) is 0 Å². The van der Waals surface area contributed by atoms with Crippen LogP contribution in [0.4, 0.5) is 0 Å². The Morgan fingerprint density at radius 3 is 2.64 bits per heavy atom. The first-order chi connectivity index (χ1) is 6.69. The van der Waals surface area contributed by atoms with E-state index >= 15 is 0 Å². The van der Waals surface area contributed by atoms with Crippen LogP contribution < -0.4 is 5.73 Å². The lowest BCUT2D eigenvalue weighted by molar-refractivity contribution is -0.103. The molecule has 74 valence electrons. The second-order valence-corrected chi connectivity index (χ2v) is 3.52. The number of allylic oxidation sites excluding steroid dienone is 1. The largest absolute Gasteiger partial charge is 0.404 e. The molecule has 0 aromatic heterocycles. The van der Waals surface area contributed by atoms with Crippen LogP contribution >= 0.6 is 0 Å². The Labute approximate surface area is 84.4 Å². The minimum atomic E-state index is 0.459. The Bertz CT molecular complexity index is 353. The summed E-state index contributed by atoms with van der Waals surface area (Å²) in [5, 5.41) is 0. The highest BCUT2D eigenvalue weighted by molar-refractivity contribution is 6.06. The molecule has 1 rings (SSSR count). The highest BCUT2D eigenvalue weighted by Gasteiger charge is 2.03. The summed E-state index contributed by atoms with van der Waals surface area (Å²) in [6.07, 6.45) is 2.12. The Balaban J connectivity index is 3.11. The van der Waals surface area contributed by atoms with Crippen molar-refractivity contribution in [3.63, 3.8) is 0 Å². The van der Waals surface area contributed by atoms with E-state index in [0.717, 1.165) is 11.8 Å². The van der Waals surface area contributed by atoms with Gasteiger partial charge in [0.25, 0.3) is 0 Å². The maximum atomic E-state index is 10.7. The van der Waals surface area contributed by atoms with Gasteiger partial charge < -0.3 is 5.73 Å².